The van der Waals surface area contributed by atoms with Crippen molar-refractivity contribution in [2.75, 3.05) is 13.2 Å². The molecule has 9 nitrogen and oxygen atoms in total. The molecule has 2 N–H and O–H groups in total. The van der Waals surface area contributed by atoms with Gasteiger partial charge in [0.1, 0.15) is 24.8 Å². The smallest absolute Gasteiger partial charge is 0.407 e. The van der Waals surface area contributed by atoms with E-state index in [-0.39, 0.29) is 13.2 Å². The van der Waals surface area contributed by atoms with E-state index in [1.807, 2.05) is 73.9 Å². The number of hydrogen-bond donors (Lipinski definition) is 2. The third-order valence-corrected chi connectivity index (χ3v) is 7.52. The number of carbonyl (C=O) groups is 2. The number of para-hydroxylation sites is 1. The van der Waals surface area contributed by atoms with Gasteiger partial charge < -0.3 is 29.4 Å². The van der Waals surface area contributed by atoms with Gasteiger partial charge >= 0.3 is 12.2 Å². The molecule has 0 unspecified atom stereocenters. The monoisotopic (exact) mass is 554 g/mol. The molecule has 1 heterocycles. The summed E-state index contributed by atoms with van der Waals surface area (Å²) in [6.07, 6.45) is -0.376. The summed E-state index contributed by atoms with van der Waals surface area (Å²) < 4.78 is 18.8. The zero-order valence-corrected chi connectivity index (χ0v) is 25.0. The van der Waals surface area contributed by atoms with Crippen molar-refractivity contribution in [1.29, 1.82) is 0 Å². The quantitative estimate of drug-likeness (QED) is 0.215. The molecule has 0 aliphatic heterocycles. The molecule has 0 radical (unpaired) electrons. The molecule has 1 aromatic heterocycles. The summed E-state index contributed by atoms with van der Waals surface area (Å²) in [7, 11) is -1.25. The van der Waals surface area contributed by atoms with Crippen LogP contribution >= 0.6 is 0 Å². The van der Waals surface area contributed by atoms with E-state index >= 15 is 0 Å². The minimum atomic E-state index is -1.25. The second kappa shape index (κ2) is 13.6. The first kappa shape index (κ1) is 30.2. The van der Waals surface area contributed by atoms with Crippen LogP contribution in [0.15, 0.2) is 48.5 Å². The van der Waals surface area contributed by atoms with Crippen molar-refractivity contribution < 1.29 is 23.8 Å². The number of fused-ring (bicyclic) bond motifs is 1. The summed E-state index contributed by atoms with van der Waals surface area (Å²) in [5, 5.41) is 5.64. The van der Waals surface area contributed by atoms with Crippen molar-refractivity contribution in [3.8, 4) is 0 Å². The molecule has 0 fully saturated rings. The number of amides is 2. The van der Waals surface area contributed by atoms with Crippen molar-refractivity contribution in [2.24, 2.45) is 0 Å². The number of nitrogens with one attached hydrogen (secondary N) is 2. The molecule has 212 valence electrons. The molecule has 0 atom stereocenters. The second-order valence-electron chi connectivity index (χ2n) is 11.7. The van der Waals surface area contributed by atoms with Crippen molar-refractivity contribution >= 4 is 31.3 Å². The molecule has 0 aliphatic carbocycles. The van der Waals surface area contributed by atoms with E-state index in [0.717, 1.165) is 28.2 Å². The molecule has 3 rings (SSSR count). The molecule has 3 aromatic rings. The number of alkyl carbamates (subject to hydrolysis) is 2. The number of hydrogen-bond acceptors (Lipinski definition) is 6. The molecule has 0 saturated heterocycles. The number of nitrogens with zero attached hydrogens (tertiary/aromatic N) is 2. The molecule has 2 amide bonds. The molecule has 0 saturated carbocycles. The maximum Gasteiger partial charge on any atom is 0.407 e. The zero-order chi connectivity index (χ0) is 28.5. The highest BCUT2D eigenvalue weighted by atomic mass is 28.3. The van der Waals surface area contributed by atoms with Crippen molar-refractivity contribution in [3.63, 3.8) is 0 Å². The number of imidazole rings is 1. The Balaban J connectivity index is 1.72. The lowest BCUT2D eigenvalue weighted by Crippen LogP contribution is -2.33. The average molecular weight is 555 g/mol. The summed E-state index contributed by atoms with van der Waals surface area (Å²) in [6, 6.07) is 16.5. The Morgan fingerprint density at radius 3 is 2.41 bits per heavy atom. The predicted molar refractivity (Wildman–Crippen MR) is 155 cm³/mol. The summed E-state index contributed by atoms with van der Waals surface area (Å²) in [4.78, 5) is 29.3. The maximum atomic E-state index is 12.4. The summed E-state index contributed by atoms with van der Waals surface area (Å²) in [5.74, 6) is 0.669. The highest BCUT2D eigenvalue weighted by Gasteiger charge is 2.18. The van der Waals surface area contributed by atoms with Gasteiger partial charge in [0.15, 0.2) is 0 Å². The van der Waals surface area contributed by atoms with Crippen LogP contribution in [0.2, 0.25) is 25.7 Å². The van der Waals surface area contributed by atoms with Crippen LogP contribution in [-0.4, -0.2) is 48.6 Å². The lowest BCUT2D eigenvalue weighted by atomic mass is 10.1. The standard InChI is InChI=1S/C29H42N4O5Si/c1-29(2,3)38-28(35)30-16-15-23-13-10-14-24-26(23)33(21-36-17-18-39(4,5)6)25(32-24)19-31-27(34)37-20-22-11-8-7-9-12-22/h7-14H,15-21H2,1-6H3,(H,30,35)(H,31,34). The largest absolute Gasteiger partial charge is 0.445 e. The maximum absolute atomic E-state index is 12.4. The lowest BCUT2D eigenvalue weighted by molar-refractivity contribution is 0.0528. The fourth-order valence-electron chi connectivity index (χ4n) is 3.86. The van der Waals surface area contributed by atoms with Gasteiger partial charge in [0.2, 0.25) is 0 Å². The Morgan fingerprint density at radius 1 is 0.974 bits per heavy atom. The van der Waals surface area contributed by atoms with Crippen LogP contribution in [0, 0.1) is 0 Å². The van der Waals surface area contributed by atoms with E-state index in [0.29, 0.717) is 32.1 Å². The van der Waals surface area contributed by atoms with Crippen molar-refractivity contribution in [2.45, 2.75) is 78.4 Å². The van der Waals surface area contributed by atoms with E-state index < -0.39 is 25.9 Å². The number of rotatable bonds is 12. The summed E-state index contributed by atoms with van der Waals surface area (Å²) in [5.41, 5.74) is 3.10. The third-order valence-electron chi connectivity index (χ3n) is 5.81. The predicted octanol–water partition coefficient (Wildman–Crippen LogP) is 5.84. The molecule has 10 heteroatoms. The molecule has 0 spiro atoms. The SMILES string of the molecule is CC(C)(C)OC(=O)NCCc1cccc2nc(CNC(=O)OCc3ccccc3)n(COCC[Si](C)(C)C)c12. The van der Waals surface area contributed by atoms with Gasteiger partial charge in [0, 0.05) is 21.2 Å². The van der Waals surface area contributed by atoms with Gasteiger partial charge in [-0.3, -0.25) is 0 Å². The average Bonchev–Trinajstić information content (AvgIpc) is 3.21. The molecular formula is C29H42N4O5Si. The Morgan fingerprint density at radius 2 is 1.72 bits per heavy atom. The zero-order valence-electron chi connectivity index (χ0n) is 24.0. The Hall–Kier alpha value is -3.37. The molecule has 39 heavy (non-hydrogen) atoms. The van der Waals surface area contributed by atoms with Gasteiger partial charge in [-0.15, -0.1) is 0 Å². The Kier molecular flexibility index (Phi) is 10.5. The van der Waals surface area contributed by atoms with Gasteiger partial charge in [-0.05, 0) is 50.4 Å². The third kappa shape index (κ3) is 10.4. The minimum absolute atomic E-state index is 0.190. The molecular weight excluding hydrogens is 512 g/mol. The van der Waals surface area contributed by atoms with E-state index in [4.69, 9.17) is 19.2 Å². The first-order valence-corrected chi connectivity index (χ1v) is 17.1. The minimum Gasteiger partial charge on any atom is -0.445 e. The first-order chi connectivity index (χ1) is 18.4. The van der Waals surface area contributed by atoms with Crippen LogP contribution in [0.3, 0.4) is 0 Å². The van der Waals surface area contributed by atoms with Gasteiger partial charge in [-0.25, -0.2) is 14.6 Å². The van der Waals surface area contributed by atoms with Gasteiger partial charge in [-0.1, -0.05) is 62.1 Å². The number of aromatic nitrogens is 2. The summed E-state index contributed by atoms with van der Waals surface area (Å²) >= 11 is 0. The van der Waals surface area contributed by atoms with Crippen LogP contribution in [0.1, 0.15) is 37.7 Å². The Bertz CT molecular complexity index is 1230. The number of ether oxygens (including phenoxy) is 3. The second-order valence-corrected chi connectivity index (χ2v) is 17.3. The van der Waals surface area contributed by atoms with E-state index in [2.05, 4.69) is 30.3 Å². The fraction of sp³-hybridized carbons (Fsp3) is 0.483. The molecule has 2 aromatic carbocycles. The van der Waals surface area contributed by atoms with Crippen LogP contribution in [0.25, 0.3) is 11.0 Å². The van der Waals surface area contributed by atoms with Gasteiger partial charge in [0.25, 0.3) is 0 Å². The number of carbonyl (C=O) groups excluding carboxylic acids is 2. The molecule has 0 aliphatic rings. The Labute approximate surface area is 232 Å². The normalized spacial score (nSPS) is 11.8. The van der Waals surface area contributed by atoms with E-state index in [9.17, 15) is 9.59 Å². The van der Waals surface area contributed by atoms with Gasteiger partial charge in [-0.2, -0.15) is 0 Å². The highest BCUT2D eigenvalue weighted by Crippen LogP contribution is 2.22. The van der Waals surface area contributed by atoms with Crippen molar-refractivity contribution in [1.82, 2.24) is 20.2 Å². The molecule has 0 bridgehead atoms. The van der Waals surface area contributed by atoms with Gasteiger partial charge in [0.05, 0.1) is 17.6 Å². The van der Waals surface area contributed by atoms with E-state index in [1.54, 1.807) is 0 Å². The lowest BCUT2D eigenvalue weighted by Gasteiger charge is -2.19. The van der Waals surface area contributed by atoms with Crippen LogP contribution in [-0.2, 0) is 40.5 Å². The van der Waals surface area contributed by atoms with E-state index in [1.165, 1.54) is 0 Å². The number of benzene rings is 2. The van der Waals surface area contributed by atoms with Crippen LogP contribution in [0.5, 0.6) is 0 Å². The fourth-order valence-corrected chi connectivity index (χ4v) is 4.61. The first-order valence-electron chi connectivity index (χ1n) is 13.4. The highest BCUT2D eigenvalue weighted by molar-refractivity contribution is 6.76. The topological polar surface area (TPSA) is 104 Å². The van der Waals surface area contributed by atoms with Crippen molar-refractivity contribution in [3.05, 3.63) is 65.5 Å². The van der Waals surface area contributed by atoms with Crippen LogP contribution in [0.4, 0.5) is 9.59 Å². The summed E-state index contributed by atoms with van der Waals surface area (Å²) in [6.45, 7) is 14.2. The van der Waals surface area contributed by atoms with Crippen LogP contribution < -0.4 is 10.6 Å².